The molecule has 0 aliphatic heterocycles. The quantitative estimate of drug-likeness (QED) is 0.718. The van der Waals surface area contributed by atoms with E-state index in [9.17, 15) is 17.6 Å². The zero-order valence-electron chi connectivity index (χ0n) is 14.5. The summed E-state index contributed by atoms with van der Waals surface area (Å²) in [6.07, 6.45) is 2.53. The number of anilines is 1. The summed E-state index contributed by atoms with van der Waals surface area (Å²) in [5, 5.41) is 2.58. The molecule has 26 heavy (non-hydrogen) atoms. The van der Waals surface area contributed by atoms with E-state index in [2.05, 4.69) is 21.2 Å². The topological polar surface area (TPSA) is 66.5 Å². The molecule has 2 aromatic carbocycles. The van der Waals surface area contributed by atoms with Gasteiger partial charge < -0.3 is 5.32 Å². The van der Waals surface area contributed by atoms with Crippen LogP contribution in [-0.2, 0) is 14.8 Å². The lowest BCUT2D eigenvalue weighted by Gasteiger charge is -2.14. The van der Waals surface area contributed by atoms with Crippen LogP contribution in [0.25, 0.3) is 6.08 Å². The normalized spacial score (nSPS) is 11.9. The maximum absolute atomic E-state index is 13.7. The van der Waals surface area contributed by atoms with Crippen molar-refractivity contribution in [3.05, 3.63) is 63.9 Å². The molecule has 0 bridgehead atoms. The molecule has 0 aliphatic rings. The van der Waals surface area contributed by atoms with Crippen molar-refractivity contribution in [2.45, 2.75) is 11.8 Å². The Morgan fingerprint density at radius 3 is 2.54 bits per heavy atom. The molecule has 0 aliphatic carbocycles. The van der Waals surface area contributed by atoms with Crippen LogP contribution in [-0.4, -0.2) is 32.7 Å². The maximum Gasteiger partial charge on any atom is 0.248 e. The molecule has 1 N–H and O–H groups in total. The Bertz CT molecular complexity index is 972. The Morgan fingerprint density at radius 1 is 1.19 bits per heavy atom. The van der Waals surface area contributed by atoms with Crippen LogP contribution < -0.4 is 5.32 Å². The number of amides is 1. The van der Waals surface area contributed by atoms with Crippen molar-refractivity contribution in [1.82, 2.24) is 4.31 Å². The molecule has 138 valence electrons. The average molecular weight is 441 g/mol. The van der Waals surface area contributed by atoms with Gasteiger partial charge in [0.15, 0.2) is 0 Å². The van der Waals surface area contributed by atoms with Crippen LogP contribution in [0.15, 0.2) is 51.8 Å². The van der Waals surface area contributed by atoms with Gasteiger partial charge in [0.25, 0.3) is 0 Å². The number of carbonyl (C=O) groups excluding carboxylic acids is 1. The Morgan fingerprint density at radius 2 is 1.88 bits per heavy atom. The number of aryl methyl sites for hydroxylation is 1. The molecule has 2 rings (SSSR count). The van der Waals surface area contributed by atoms with Gasteiger partial charge in [-0.3, -0.25) is 4.79 Å². The molecular weight excluding hydrogens is 423 g/mol. The van der Waals surface area contributed by atoms with E-state index in [1.165, 1.54) is 38.4 Å². The number of nitrogens with zero attached hydrogens (tertiary/aromatic N) is 1. The third-order valence-electron chi connectivity index (χ3n) is 3.59. The number of benzene rings is 2. The summed E-state index contributed by atoms with van der Waals surface area (Å²) >= 11 is 3.24. The van der Waals surface area contributed by atoms with Gasteiger partial charge in [-0.05, 0) is 48.9 Å². The van der Waals surface area contributed by atoms with Crippen molar-refractivity contribution >= 4 is 43.6 Å². The van der Waals surface area contributed by atoms with E-state index in [0.29, 0.717) is 15.7 Å². The van der Waals surface area contributed by atoms with E-state index in [4.69, 9.17) is 0 Å². The molecule has 0 saturated heterocycles. The van der Waals surface area contributed by atoms with Crippen molar-refractivity contribution in [3.63, 3.8) is 0 Å². The minimum absolute atomic E-state index is 0.113. The predicted octanol–water partition coefficient (Wildman–Crippen LogP) is 3.80. The van der Waals surface area contributed by atoms with Gasteiger partial charge in [-0.15, -0.1) is 0 Å². The number of rotatable bonds is 5. The molecule has 5 nitrogen and oxygen atoms in total. The maximum atomic E-state index is 13.7. The van der Waals surface area contributed by atoms with Crippen LogP contribution >= 0.6 is 15.9 Å². The average Bonchev–Trinajstić information content (AvgIpc) is 2.57. The number of carbonyl (C=O) groups is 1. The molecule has 0 heterocycles. The molecule has 2 aromatic rings. The van der Waals surface area contributed by atoms with E-state index in [1.54, 1.807) is 31.2 Å². The summed E-state index contributed by atoms with van der Waals surface area (Å²) < 4.78 is 40.1. The summed E-state index contributed by atoms with van der Waals surface area (Å²) in [4.78, 5) is 12.2. The van der Waals surface area contributed by atoms with Gasteiger partial charge in [0.2, 0.25) is 15.9 Å². The fourth-order valence-electron chi connectivity index (χ4n) is 2.14. The highest BCUT2D eigenvalue weighted by Crippen LogP contribution is 2.22. The van der Waals surface area contributed by atoms with Crippen LogP contribution in [0, 0.1) is 12.7 Å². The molecule has 0 radical (unpaired) electrons. The summed E-state index contributed by atoms with van der Waals surface area (Å²) in [7, 11) is -0.743. The lowest BCUT2D eigenvalue weighted by molar-refractivity contribution is -0.111. The van der Waals surface area contributed by atoms with Crippen LogP contribution in [0.5, 0.6) is 0 Å². The van der Waals surface area contributed by atoms with Crippen LogP contribution in [0.1, 0.15) is 11.1 Å². The third-order valence-corrected chi connectivity index (χ3v) is 6.04. The molecule has 0 unspecified atom stereocenters. The van der Waals surface area contributed by atoms with Crippen LogP contribution in [0.4, 0.5) is 10.1 Å². The van der Waals surface area contributed by atoms with Gasteiger partial charge >= 0.3 is 0 Å². The molecule has 0 spiro atoms. The molecule has 0 atom stereocenters. The number of hydrogen-bond donors (Lipinski definition) is 1. The van der Waals surface area contributed by atoms with Crippen LogP contribution in [0.2, 0.25) is 0 Å². The van der Waals surface area contributed by atoms with Crippen molar-refractivity contribution in [2.75, 3.05) is 19.4 Å². The number of hydrogen-bond acceptors (Lipinski definition) is 3. The van der Waals surface area contributed by atoms with E-state index in [1.807, 2.05) is 0 Å². The monoisotopic (exact) mass is 440 g/mol. The zero-order chi connectivity index (χ0) is 19.5. The third kappa shape index (κ3) is 4.78. The largest absolute Gasteiger partial charge is 0.322 e. The minimum atomic E-state index is -3.62. The Kier molecular flexibility index (Phi) is 6.33. The lowest BCUT2D eigenvalue weighted by atomic mass is 10.2. The summed E-state index contributed by atoms with van der Waals surface area (Å²) in [5.41, 5.74) is 1.16. The first kappa shape index (κ1) is 20.3. The highest BCUT2D eigenvalue weighted by Gasteiger charge is 2.20. The van der Waals surface area contributed by atoms with Crippen LogP contribution in [0.3, 0.4) is 0 Å². The Balaban J connectivity index is 2.22. The standard InChI is InChI=1S/C18H18BrFN2O3S/c1-12-4-7-15(11-17(12)26(24,25)22(2)3)21-18(23)9-5-13-10-14(19)6-8-16(13)20/h4-11H,1-3H3,(H,21,23)/b9-5+. The zero-order valence-corrected chi connectivity index (χ0v) is 16.9. The Labute approximate surface area is 160 Å². The first-order valence-electron chi connectivity index (χ1n) is 7.58. The number of nitrogens with one attached hydrogen (secondary N) is 1. The number of halogens is 2. The smallest absolute Gasteiger partial charge is 0.248 e. The van der Waals surface area contributed by atoms with Crippen molar-refractivity contribution in [2.24, 2.45) is 0 Å². The fourth-order valence-corrected chi connectivity index (χ4v) is 3.67. The molecule has 1 amide bonds. The van der Waals surface area contributed by atoms with Crippen molar-refractivity contribution in [1.29, 1.82) is 0 Å². The molecule has 0 saturated carbocycles. The number of sulfonamides is 1. The summed E-state index contributed by atoms with van der Waals surface area (Å²) in [6, 6.07) is 9.02. The lowest BCUT2D eigenvalue weighted by Crippen LogP contribution is -2.23. The molecule has 8 heteroatoms. The first-order valence-corrected chi connectivity index (χ1v) is 9.82. The highest BCUT2D eigenvalue weighted by atomic mass is 79.9. The van der Waals surface area contributed by atoms with Gasteiger partial charge in [-0.2, -0.15) is 0 Å². The molecular formula is C18H18BrFN2O3S. The van der Waals surface area contributed by atoms with E-state index >= 15 is 0 Å². The second kappa shape index (κ2) is 8.11. The van der Waals surface area contributed by atoms with Gasteiger partial charge in [-0.25, -0.2) is 17.1 Å². The van der Waals surface area contributed by atoms with Crippen molar-refractivity contribution < 1.29 is 17.6 Å². The fraction of sp³-hybridized carbons (Fsp3) is 0.167. The van der Waals surface area contributed by atoms with Crippen molar-refractivity contribution in [3.8, 4) is 0 Å². The predicted molar refractivity (Wildman–Crippen MR) is 104 cm³/mol. The molecule has 0 fully saturated rings. The van der Waals surface area contributed by atoms with E-state index in [-0.39, 0.29) is 10.5 Å². The SMILES string of the molecule is Cc1ccc(NC(=O)/C=C/c2cc(Br)ccc2F)cc1S(=O)(=O)N(C)C. The minimum Gasteiger partial charge on any atom is -0.322 e. The summed E-state index contributed by atoms with van der Waals surface area (Å²) in [5.74, 6) is -0.951. The Hall–Kier alpha value is -2.03. The van der Waals surface area contributed by atoms with Gasteiger partial charge in [0.1, 0.15) is 5.82 Å². The molecule has 0 aromatic heterocycles. The highest BCUT2D eigenvalue weighted by molar-refractivity contribution is 9.10. The van der Waals surface area contributed by atoms with Gasteiger partial charge in [0.05, 0.1) is 4.90 Å². The van der Waals surface area contributed by atoms with E-state index in [0.717, 1.165) is 4.31 Å². The van der Waals surface area contributed by atoms with Gasteiger partial charge in [-0.1, -0.05) is 22.0 Å². The second-order valence-corrected chi connectivity index (χ2v) is 8.79. The first-order chi connectivity index (χ1) is 12.1. The van der Waals surface area contributed by atoms with Gasteiger partial charge in [0, 0.05) is 35.9 Å². The van der Waals surface area contributed by atoms with E-state index < -0.39 is 21.7 Å². The summed E-state index contributed by atoms with van der Waals surface area (Å²) in [6.45, 7) is 1.68. The second-order valence-electron chi connectivity index (χ2n) is 5.76.